The van der Waals surface area contributed by atoms with Gasteiger partial charge in [-0.1, -0.05) is 57.7 Å². The smallest absolute Gasteiger partial charge is 0.122 e. The molecule has 1 aliphatic heterocycles. The molecule has 1 aromatic carbocycles. The van der Waals surface area contributed by atoms with Crippen molar-refractivity contribution >= 4 is 0 Å². The molecular formula is C19H31NO. The van der Waals surface area contributed by atoms with Crippen LogP contribution in [0.2, 0.25) is 0 Å². The zero-order chi connectivity index (χ0) is 14.9. The molecule has 1 aromatic rings. The van der Waals surface area contributed by atoms with E-state index in [-0.39, 0.29) is 0 Å². The van der Waals surface area contributed by atoms with Crippen molar-refractivity contribution in [2.45, 2.75) is 58.3 Å². The van der Waals surface area contributed by atoms with Crippen LogP contribution in [0.3, 0.4) is 0 Å². The molecule has 1 aliphatic rings. The lowest BCUT2D eigenvalue weighted by molar-refractivity contribution is 0.264. The normalized spacial score (nSPS) is 17.6. The van der Waals surface area contributed by atoms with Crippen LogP contribution in [0, 0.1) is 5.92 Å². The molecule has 2 rings (SSSR count). The van der Waals surface area contributed by atoms with Gasteiger partial charge in [-0.2, -0.15) is 0 Å². The zero-order valence-corrected chi connectivity index (χ0v) is 13.7. The van der Waals surface area contributed by atoms with Crippen molar-refractivity contribution < 1.29 is 4.74 Å². The summed E-state index contributed by atoms with van der Waals surface area (Å²) in [6.45, 7) is 7.73. The summed E-state index contributed by atoms with van der Waals surface area (Å²) in [6.07, 6.45) is 7.97. The fraction of sp³-hybridized carbons (Fsp3) is 0.684. The van der Waals surface area contributed by atoms with Gasteiger partial charge in [0.05, 0.1) is 6.61 Å². The topological polar surface area (TPSA) is 21.3 Å². The lowest BCUT2D eigenvalue weighted by Crippen LogP contribution is -2.26. The monoisotopic (exact) mass is 289 g/mol. The lowest BCUT2D eigenvalue weighted by Gasteiger charge is -2.26. The Balaban J connectivity index is 1.58. The molecule has 0 amide bonds. The van der Waals surface area contributed by atoms with E-state index in [0.717, 1.165) is 37.8 Å². The maximum Gasteiger partial charge on any atom is 0.122 e. The summed E-state index contributed by atoms with van der Waals surface area (Å²) in [5.74, 6) is 2.57. The Morgan fingerprint density at radius 3 is 2.81 bits per heavy atom. The van der Waals surface area contributed by atoms with Crippen LogP contribution in [-0.2, 0) is 0 Å². The molecule has 0 spiro atoms. The van der Waals surface area contributed by atoms with Crippen molar-refractivity contribution in [2.75, 3.05) is 19.7 Å². The molecule has 1 N–H and O–H groups in total. The number of benzene rings is 1. The average Bonchev–Trinajstić information content (AvgIpc) is 2.50. The molecule has 0 radical (unpaired) electrons. The van der Waals surface area contributed by atoms with Gasteiger partial charge in [-0.05, 0) is 36.9 Å². The first kappa shape index (κ1) is 16.4. The van der Waals surface area contributed by atoms with Crippen LogP contribution in [0.25, 0.3) is 0 Å². The Bertz CT molecular complexity index is 402. The van der Waals surface area contributed by atoms with Crippen molar-refractivity contribution in [3.05, 3.63) is 29.8 Å². The standard InChI is InChI=1S/C19H31NO/c1-16(2)9-5-3-4-8-13-20-15-17-12-14-21-19-11-7-6-10-18(17)19/h6-7,10-11,16-17,20H,3-5,8-9,12-15H2,1-2H3. The maximum atomic E-state index is 5.72. The average molecular weight is 289 g/mol. The van der Waals surface area contributed by atoms with Crippen LogP contribution in [0.5, 0.6) is 5.75 Å². The molecule has 0 saturated heterocycles. The predicted molar refractivity (Wildman–Crippen MR) is 90.1 cm³/mol. The highest BCUT2D eigenvalue weighted by molar-refractivity contribution is 5.37. The minimum Gasteiger partial charge on any atom is -0.493 e. The van der Waals surface area contributed by atoms with Crippen LogP contribution in [0.4, 0.5) is 0 Å². The fourth-order valence-corrected chi connectivity index (χ4v) is 3.06. The highest BCUT2D eigenvalue weighted by atomic mass is 16.5. The third kappa shape index (κ3) is 5.70. The van der Waals surface area contributed by atoms with Crippen molar-refractivity contribution in [1.29, 1.82) is 0 Å². The summed E-state index contributed by atoms with van der Waals surface area (Å²) in [5, 5.41) is 3.64. The molecule has 0 aromatic heterocycles. The van der Waals surface area contributed by atoms with E-state index in [2.05, 4.69) is 43.4 Å². The molecule has 2 nitrogen and oxygen atoms in total. The Morgan fingerprint density at radius 2 is 1.95 bits per heavy atom. The first-order valence-electron chi connectivity index (χ1n) is 8.70. The number of hydrogen-bond donors (Lipinski definition) is 1. The molecule has 1 heterocycles. The van der Waals surface area contributed by atoms with Gasteiger partial charge in [0.1, 0.15) is 5.75 Å². The zero-order valence-electron chi connectivity index (χ0n) is 13.7. The SMILES string of the molecule is CC(C)CCCCCCNCC1CCOc2ccccc21. The van der Waals surface area contributed by atoms with E-state index < -0.39 is 0 Å². The number of rotatable bonds is 9. The third-order valence-corrected chi connectivity index (χ3v) is 4.36. The Morgan fingerprint density at radius 1 is 1.14 bits per heavy atom. The van der Waals surface area contributed by atoms with Crippen molar-refractivity contribution in [1.82, 2.24) is 5.32 Å². The van der Waals surface area contributed by atoms with E-state index in [1.165, 1.54) is 37.7 Å². The van der Waals surface area contributed by atoms with Gasteiger partial charge in [0.15, 0.2) is 0 Å². The number of nitrogens with one attached hydrogen (secondary N) is 1. The number of unbranched alkanes of at least 4 members (excludes halogenated alkanes) is 3. The molecule has 1 unspecified atom stereocenters. The summed E-state index contributed by atoms with van der Waals surface area (Å²) in [6, 6.07) is 8.49. The van der Waals surface area contributed by atoms with Crippen molar-refractivity contribution in [3.63, 3.8) is 0 Å². The van der Waals surface area contributed by atoms with Crippen molar-refractivity contribution in [2.24, 2.45) is 5.92 Å². The molecule has 0 bridgehead atoms. The minimum atomic E-state index is 0.621. The number of hydrogen-bond acceptors (Lipinski definition) is 2. The van der Waals surface area contributed by atoms with E-state index in [4.69, 9.17) is 4.74 Å². The maximum absolute atomic E-state index is 5.72. The van der Waals surface area contributed by atoms with Gasteiger partial charge in [-0.15, -0.1) is 0 Å². The fourth-order valence-electron chi connectivity index (χ4n) is 3.06. The van der Waals surface area contributed by atoms with Crippen LogP contribution in [0.1, 0.15) is 63.9 Å². The van der Waals surface area contributed by atoms with Crippen molar-refractivity contribution in [3.8, 4) is 5.75 Å². The summed E-state index contributed by atoms with van der Waals surface area (Å²) in [7, 11) is 0. The molecule has 0 fully saturated rings. The van der Waals surface area contributed by atoms with E-state index in [9.17, 15) is 0 Å². The lowest BCUT2D eigenvalue weighted by atomic mass is 9.93. The second-order valence-corrected chi connectivity index (χ2v) is 6.67. The van der Waals surface area contributed by atoms with Gasteiger partial charge >= 0.3 is 0 Å². The van der Waals surface area contributed by atoms with Crippen LogP contribution >= 0.6 is 0 Å². The first-order valence-corrected chi connectivity index (χ1v) is 8.70. The van der Waals surface area contributed by atoms with E-state index >= 15 is 0 Å². The van der Waals surface area contributed by atoms with E-state index in [1.54, 1.807) is 0 Å². The number of fused-ring (bicyclic) bond motifs is 1. The minimum absolute atomic E-state index is 0.621. The van der Waals surface area contributed by atoms with Gasteiger partial charge in [0, 0.05) is 12.5 Å². The summed E-state index contributed by atoms with van der Waals surface area (Å²) >= 11 is 0. The Hall–Kier alpha value is -1.02. The second kappa shape index (κ2) is 9.09. The number of para-hydroxylation sites is 1. The van der Waals surface area contributed by atoms with Gasteiger partial charge in [-0.25, -0.2) is 0 Å². The molecule has 0 aliphatic carbocycles. The van der Waals surface area contributed by atoms with Gasteiger partial charge in [0.2, 0.25) is 0 Å². The Labute approximate surface area is 130 Å². The molecule has 118 valence electrons. The third-order valence-electron chi connectivity index (χ3n) is 4.36. The predicted octanol–water partition coefficient (Wildman–Crippen LogP) is 4.75. The van der Waals surface area contributed by atoms with Crippen LogP contribution < -0.4 is 10.1 Å². The van der Waals surface area contributed by atoms with E-state index in [0.29, 0.717) is 5.92 Å². The summed E-state index contributed by atoms with van der Waals surface area (Å²) in [5.41, 5.74) is 1.38. The molecule has 21 heavy (non-hydrogen) atoms. The molecule has 2 heteroatoms. The number of ether oxygens (including phenoxy) is 1. The summed E-state index contributed by atoms with van der Waals surface area (Å²) < 4.78 is 5.72. The largest absolute Gasteiger partial charge is 0.493 e. The Kier molecular flexibility index (Phi) is 7.08. The van der Waals surface area contributed by atoms with Gasteiger partial charge < -0.3 is 10.1 Å². The quantitative estimate of drug-likeness (QED) is 0.662. The van der Waals surface area contributed by atoms with E-state index in [1.807, 2.05) is 0 Å². The van der Waals surface area contributed by atoms with Gasteiger partial charge in [0.25, 0.3) is 0 Å². The van der Waals surface area contributed by atoms with Crippen LogP contribution in [-0.4, -0.2) is 19.7 Å². The van der Waals surface area contributed by atoms with Gasteiger partial charge in [-0.3, -0.25) is 0 Å². The highest BCUT2D eigenvalue weighted by Gasteiger charge is 2.20. The first-order chi connectivity index (χ1) is 10.3. The molecular weight excluding hydrogens is 258 g/mol. The molecule has 1 atom stereocenters. The highest BCUT2D eigenvalue weighted by Crippen LogP contribution is 2.32. The molecule has 0 saturated carbocycles. The van der Waals surface area contributed by atoms with Crippen LogP contribution in [0.15, 0.2) is 24.3 Å². The summed E-state index contributed by atoms with van der Waals surface area (Å²) in [4.78, 5) is 0. The second-order valence-electron chi connectivity index (χ2n) is 6.67.